The molecule has 116 valence electrons. The normalized spacial score (nSPS) is 21.1. The topological polar surface area (TPSA) is 52.6 Å². The monoisotopic (exact) mass is 290 g/mol. The lowest BCUT2D eigenvalue weighted by molar-refractivity contribution is -0.138. The fourth-order valence-electron chi connectivity index (χ4n) is 2.85. The van der Waals surface area contributed by atoms with Gasteiger partial charge >= 0.3 is 5.97 Å². The van der Waals surface area contributed by atoms with E-state index in [4.69, 9.17) is 5.11 Å². The Bertz CT molecular complexity index is 458. The minimum Gasteiger partial charge on any atom is -0.481 e. The summed E-state index contributed by atoms with van der Waals surface area (Å²) in [5.74, 6) is -1.22. The van der Waals surface area contributed by atoms with Gasteiger partial charge < -0.3 is 15.3 Å². The Kier molecular flexibility index (Phi) is 5.76. The first kappa shape index (κ1) is 16.0. The van der Waals surface area contributed by atoms with Crippen LogP contribution in [0.5, 0.6) is 0 Å². The molecule has 0 amide bonds. The number of likely N-dealkylation sites (tertiary alicyclic amines) is 1. The van der Waals surface area contributed by atoms with Crippen molar-refractivity contribution in [2.24, 2.45) is 0 Å². The highest BCUT2D eigenvalue weighted by molar-refractivity contribution is 5.75. The third-order valence-corrected chi connectivity index (χ3v) is 4.48. The van der Waals surface area contributed by atoms with Crippen LogP contribution < -0.4 is 5.32 Å². The van der Waals surface area contributed by atoms with Crippen LogP contribution in [-0.4, -0.2) is 42.2 Å². The minimum atomic E-state index is -0.777. The van der Waals surface area contributed by atoms with Gasteiger partial charge in [0.25, 0.3) is 0 Å². The molecule has 4 heteroatoms. The summed E-state index contributed by atoms with van der Waals surface area (Å²) in [5, 5.41) is 12.5. The van der Waals surface area contributed by atoms with E-state index < -0.39 is 11.9 Å². The van der Waals surface area contributed by atoms with Crippen molar-refractivity contribution in [3.8, 4) is 0 Å². The number of likely N-dealkylation sites (N-methyl/N-ethyl adjacent to an activating group) is 1. The van der Waals surface area contributed by atoms with Gasteiger partial charge in [-0.25, -0.2) is 0 Å². The van der Waals surface area contributed by atoms with Gasteiger partial charge in [0.2, 0.25) is 0 Å². The molecule has 1 aliphatic heterocycles. The maximum absolute atomic E-state index is 10.9. The van der Waals surface area contributed by atoms with Crippen LogP contribution in [0, 0.1) is 0 Å². The van der Waals surface area contributed by atoms with Gasteiger partial charge in [-0.1, -0.05) is 30.7 Å². The highest BCUT2D eigenvalue weighted by Crippen LogP contribution is 2.16. The predicted octanol–water partition coefficient (Wildman–Crippen LogP) is 2.45. The maximum Gasteiger partial charge on any atom is 0.310 e. The molecule has 2 atom stereocenters. The van der Waals surface area contributed by atoms with Crippen LogP contribution in [0.4, 0.5) is 0 Å². The molecule has 1 aliphatic rings. The van der Waals surface area contributed by atoms with Gasteiger partial charge in [-0.05, 0) is 44.5 Å². The number of carboxylic acids is 1. The van der Waals surface area contributed by atoms with Gasteiger partial charge in [-0.15, -0.1) is 0 Å². The van der Waals surface area contributed by atoms with Crippen LogP contribution in [-0.2, 0) is 11.3 Å². The first-order valence-electron chi connectivity index (χ1n) is 7.80. The van der Waals surface area contributed by atoms with Crippen molar-refractivity contribution < 1.29 is 9.90 Å². The summed E-state index contributed by atoms with van der Waals surface area (Å²) in [6.45, 7) is 4.78. The summed E-state index contributed by atoms with van der Waals surface area (Å²) in [6, 6.07) is 8.52. The number of carbonyl (C=O) groups is 1. The second-order valence-corrected chi connectivity index (χ2v) is 6.06. The third kappa shape index (κ3) is 4.55. The Balaban J connectivity index is 1.79. The van der Waals surface area contributed by atoms with Crippen LogP contribution in [0.1, 0.15) is 43.2 Å². The number of rotatable bonds is 6. The maximum atomic E-state index is 10.9. The van der Waals surface area contributed by atoms with Crippen molar-refractivity contribution in [3.05, 3.63) is 35.4 Å². The SMILES string of the molecule is CC(C(=O)O)c1ccc(CNCC2CCCCN2C)cc1. The zero-order chi connectivity index (χ0) is 15.2. The predicted molar refractivity (Wildman–Crippen MR) is 84.5 cm³/mol. The van der Waals surface area contributed by atoms with Crippen molar-refractivity contribution in [1.29, 1.82) is 0 Å². The Morgan fingerprint density at radius 2 is 2.10 bits per heavy atom. The molecule has 1 fully saturated rings. The van der Waals surface area contributed by atoms with Crippen LogP contribution in [0.3, 0.4) is 0 Å². The minimum absolute atomic E-state index is 0.442. The largest absolute Gasteiger partial charge is 0.481 e. The van der Waals surface area contributed by atoms with E-state index in [9.17, 15) is 4.79 Å². The zero-order valence-corrected chi connectivity index (χ0v) is 13.0. The van der Waals surface area contributed by atoms with Gasteiger partial charge in [0.1, 0.15) is 0 Å². The van der Waals surface area contributed by atoms with Gasteiger partial charge in [-0.2, -0.15) is 0 Å². The molecule has 2 rings (SSSR count). The number of nitrogens with zero attached hydrogens (tertiary/aromatic N) is 1. The van der Waals surface area contributed by atoms with Crippen molar-refractivity contribution in [2.75, 3.05) is 20.1 Å². The van der Waals surface area contributed by atoms with Crippen molar-refractivity contribution in [1.82, 2.24) is 10.2 Å². The number of piperidine rings is 1. The molecule has 1 heterocycles. The molecule has 0 bridgehead atoms. The zero-order valence-electron chi connectivity index (χ0n) is 13.0. The molecular weight excluding hydrogens is 264 g/mol. The van der Waals surface area contributed by atoms with Crippen molar-refractivity contribution in [3.63, 3.8) is 0 Å². The highest BCUT2D eigenvalue weighted by Gasteiger charge is 2.18. The number of hydrogen-bond acceptors (Lipinski definition) is 3. The summed E-state index contributed by atoms with van der Waals surface area (Å²) in [5.41, 5.74) is 2.06. The lowest BCUT2D eigenvalue weighted by atomic mass is 10.00. The molecular formula is C17H26N2O2. The van der Waals surface area contributed by atoms with E-state index in [2.05, 4.69) is 17.3 Å². The highest BCUT2D eigenvalue weighted by atomic mass is 16.4. The molecule has 0 aromatic heterocycles. The standard InChI is InChI=1S/C17H26N2O2/c1-13(17(20)21)15-8-6-14(7-9-15)11-18-12-16-5-3-4-10-19(16)2/h6-9,13,16,18H,3-5,10-12H2,1-2H3,(H,20,21). The number of hydrogen-bond donors (Lipinski definition) is 2. The van der Waals surface area contributed by atoms with Gasteiger partial charge in [0.05, 0.1) is 5.92 Å². The first-order valence-corrected chi connectivity index (χ1v) is 7.80. The summed E-state index contributed by atoms with van der Waals surface area (Å²) in [6.07, 6.45) is 3.92. The molecule has 2 unspecified atom stereocenters. The lowest BCUT2D eigenvalue weighted by Gasteiger charge is -2.32. The van der Waals surface area contributed by atoms with Crippen molar-refractivity contribution >= 4 is 5.97 Å². The van der Waals surface area contributed by atoms with E-state index in [1.807, 2.05) is 24.3 Å². The summed E-state index contributed by atoms with van der Waals surface area (Å²) in [4.78, 5) is 13.4. The first-order chi connectivity index (χ1) is 10.1. The lowest BCUT2D eigenvalue weighted by Crippen LogP contribution is -2.42. The molecule has 1 aromatic rings. The molecule has 1 aromatic carbocycles. The second-order valence-electron chi connectivity index (χ2n) is 6.06. The summed E-state index contributed by atoms with van der Waals surface area (Å²) >= 11 is 0. The average Bonchev–Trinajstić information content (AvgIpc) is 2.49. The van der Waals surface area contributed by atoms with Crippen LogP contribution in [0.25, 0.3) is 0 Å². The van der Waals surface area contributed by atoms with Crippen LogP contribution in [0.15, 0.2) is 24.3 Å². The molecule has 0 spiro atoms. The number of nitrogens with one attached hydrogen (secondary N) is 1. The van der Waals surface area contributed by atoms with E-state index in [1.165, 1.54) is 31.4 Å². The van der Waals surface area contributed by atoms with Crippen LogP contribution in [0.2, 0.25) is 0 Å². The molecule has 0 aliphatic carbocycles. The Morgan fingerprint density at radius 1 is 1.38 bits per heavy atom. The van der Waals surface area contributed by atoms with E-state index in [1.54, 1.807) is 6.92 Å². The average molecular weight is 290 g/mol. The van der Waals surface area contributed by atoms with Crippen molar-refractivity contribution in [2.45, 2.75) is 44.7 Å². The number of benzene rings is 1. The Morgan fingerprint density at radius 3 is 2.71 bits per heavy atom. The third-order valence-electron chi connectivity index (χ3n) is 4.48. The smallest absolute Gasteiger partial charge is 0.310 e. The molecule has 0 radical (unpaired) electrons. The van der Waals surface area contributed by atoms with E-state index >= 15 is 0 Å². The molecule has 0 saturated carbocycles. The number of aliphatic carboxylic acids is 1. The van der Waals surface area contributed by atoms with E-state index in [0.717, 1.165) is 18.7 Å². The van der Waals surface area contributed by atoms with Gasteiger partial charge in [0, 0.05) is 19.1 Å². The molecule has 4 nitrogen and oxygen atoms in total. The van der Waals surface area contributed by atoms with Crippen LogP contribution >= 0.6 is 0 Å². The summed E-state index contributed by atoms with van der Waals surface area (Å²) < 4.78 is 0. The quantitative estimate of drug-likeness (QED) is 0.845. The van der Waals surface area contributed by atoms with E-state index in [-0.39, 0.29) is 0 Å². The van der Waals surface area contributed by atoms with Gasteiger partial charge in [0.15, 0.2) is 0 Å². The number of carboxylic acid groups (broad SMARTS) is 1. The van der Waals surface area contributed by atoms with Gasteiger partial charge in [-0.3, -0.25) is 4.79 Å². The molecule has 1 saturated heterocycles. The fourth-order valence-corrected chi connectivity index (χ4v) is 2.85. The Labute approximate surface area is 127 Å². The molecule has 21 heavy (non-hydrogen) atoms. The fraction of sp³-hybridized carbons (Fsp3) is 0.588. The molecule has 2 N–H and O–H groups in total. The summed E-state index contributed by atoms with van der Waals surface area (Å²) in [7, 11) is 2.20. The van der Waals surface area contributed by atoms with E-state index in [0.29, 0.717) is 6.04 Å². The second kappa shape index (κ2) is 7.57. The Hall–Kier alpha value is -1.39.